The van der Waals surface area contributed by atoms with Gasteiger partial charge in [-0.3, -0.25) is 14.9 Å². The highest BCUT2D eigenvalue weighted by atomic mass is 16.6. The molecule has 0 aliphatic heterocycles. The Bertz CT molecular complexity index is 635. The summed E-state index contributed by atoms with van der Waals surface area (Å²) >= 11 is 0. The van der Waals surface area contributed by atoms with Gasteiger partial charge in [0.2, 0.25) is 0 Å². The molecule has 0 saturated carbocycles. The topological polar surface area (TPSA) is 60.2 Å². The Balaban J connectivity index is 2.60. The van der Waals surface area contributed by atoms with Crippen LogP contribution < -0.4 is 0 Å². The quantitative estimate of drug-likeness (QED) is 0.476. The van der Waals surface area contributed by atoms with Crippen molar-refractivity contribution in [3.05, 3.63) is 63.7 Å². The van der Waals surface area contributed by atoms with Crippen LogP contribution in [0.3, 0.4) is 0 Å². The fraction of sp³-hybridized carbons (Fsp3) is 0.133. The minimum atomic E-state index is -0.457. The molecule has 96 valence electrons. The van der Waals surface area contributed by atoms with Crippen LogP contribution in [0.4, 0.5) is 5.69 Å². The van der Waals surface area contributed by atoms with Crippen molar-refractivity contribution in [3.8, 4) is 11.1 Å². The van der Waals surface area contributed by atoms with E-state index in [1.54, 1.807) is 12.1 Å². The van der Waals surface area contributed by atoms with Gasteiger partial charge in [-0.2, -0.15) is 0 Å². The number of nitro benzene ring substituents is 1. The largest absolute Gasteiger partial charge is 0.298 e. The lowest BCUT2D eigenvalue weighted by atomic mass is 9.99. The maximum atomic E-state index is 11.1. The van der Waals surface area contributed by atoms with E-state index in [9.17, 15) is 14.9 Å². The lowest BCUT2D eigenvalue weighted by Gasteiger charge is -2.05. The minimum absolute atomic E-state index is 0.0437. The van der Waals surface area contributed by atoms with Crippen LogP contribution in [0.5, 0.6) is 0 Å². The third kappa shape index (κ3) is 2.68. The van der Waals surface area contributed by atoms with Gasteiger partial charge in [0.1, 0.15) is 6.29 Å². The molecular weight excluding hydrogens is 242 g/mol. The van der Waals surface area contributed by atoms with Gasteiger partial charge >= 0.3 is 0 Å². The molecule has 4 nitrogen and oxygen atoms in total. The number of hydrogen-bond acceptors (Lipinski definition) is 3. The zero-order chi connectivity index (χ0) is 13.8. The molecule has 2 aromatic carbocycles. The first-order valence-electron chi connectivity index (χ1n) is 5.98. The Morgan fingerprint density at radius 2 is 2.00 bits per heavy atom. The Morgan fingerprint density at radius 3 is 2.63 bits per heavy atom. The molecule has 0 atom stereocenters. The van der Waals surface area contributed by atoms with E-state index >= 15 is 0 Å². The lowest BCUT2D eigenvalue weighted by Crippen LogP contribution is -1.94. The Kier molecular flexibility index (Phi) is 3.71. The smallest absolute Gasteiger partial charge is 0.277 e. The number of benzene rings is 2. The summed E-state index contributed by atoms with van der Waals surface area (Å²) in [6.07, 6.45) is 1.48. The van der Waals surface area contributed by atoms with Gasteiger partial charge in [-0.25, -0.2) is 0 Å². The fourth-order valence-electron chi connectivity index (χ4n) is 1.98. The van der Waals surface area contributed by atoms with Crippen LogP contribution in [0, 0.1) is 10.1 Å². The van der Waals surface area contributed by atoms with Gasteiger partial charge in [0.15, 0.2) is 0 Å². The first-order valence-corrected chi connectivity index (χ1v) is 5.98. The zero-order valence-corrected chi connectivity index (χ0v) is 10.5. The van der Waals surface area contributed by atoms with Gasteiger partial charge in [0.05, 0.1) is 10.5 Å². The first-order chi connectivity index (χ1) is 9.15. The highest BCUT2D eigenvalue weighted by Gasteiger charge is 2.16. The molecule has 0 bridgehead atoms. The first kappa shape index (κ1) is 13.0. The molecule has 0 spiro atoms. The molecule has 19 heavy (non-hydrogen) atoms. The van der Waals surface area contributed by atoms with Crippen molar-refractivity contribution in [1.29, 1.82) is 0 Å². The van der Waals surface area contributed by atoms with E-state index in [-0.39, 0.29) is 5.69 Å². The molecule has 0 aromatic heterocycles. The molecule has 0 saturated heterocycles. The predicted octanol–water partition coefficient (Wildman–Crippen LogP) is 3.64. The van der Waals surface area contributed by atoms with Crippen molar-refractivity contribution >= 4 is 12.0 Å². The van der Waals surface area contributed by atoms with E-state index in [1.165, 1.54) is 6.07 Å². The van der Waals surface area contributed by atoms with Crippen LogP contribution in [0.15, 0.2) is 42.5 Å². The number of aldehydes is 1. The van der Waals surface area contributed by atoms with E-state index < -0.39 is 4.92 Å². The molecular formula is C15H13NO3. The lowest BCUT2D eigenvalue weighted by molar-refractivity contribution is -0.384. The third-order valence-electron chi connectivity index (χ3n) is 3.00. The summed E-state index contributed by atoms with van der Waals surface area (Å²) in [5.74, 6) is 0. The second-order valence-corrected chi connectivity index (χ2v) is 4.21. The van der Waals surface area contributed by atoms with Gasteiger partial charge in [-0.15, -0.1) is 0 Å². The van der Waals surface area contributed by atoms with Gasteiger partial charge in [0.25, 0.3) is 5.69 Å². The SMILES string of the molecule is CCc1cccc(-c2ccc(C=O)cc2[N+](=O)[O-])c1. The molecule has 0 heterocycles. The maximum absolute atomic E-state index is 11.1. The molecule has 0 aliphatic carbocycles. The number of aryl methyl sites for hydroxylation is 1. The van der Waals surface area contributed by atoms with Crippen molar-refractivity contribution in [3.63, 3.8) is 0 Å². The highest BCUT2D eigenvalue weighted by Crippen LogP contribution is 2.31. The molecule has 0 fully saturated rings. The number of nitro groups is 1. The second-order valence-electron chi connectivity index (χ2n) is 4.21. The average molecular weight is 255 g/mol. The summed E-state index contributed by atoms with van der Waals surface area (Å²) in [6.45, 7) is 2.03. The summed E-state index contributed by atoms with van der Waals surface area (Å²) in [5, 5.41) is 11.1. The summed E-state index contributed by atoms with van der Waals surface area (Å²) in [6, 6.07) is 12.1. The molecule has 0 N–H and O–H groups in total. The summed E-state index contributed by atoms with van der Waals surface area (Å²) in [5.41, 5.74) is 2.71. The van der Waals surface area contributed by atoms with Crippen LogP contribution in [-0.4, -0.2) is 11.2 Å². The highest BCUT2D eigenvalue weighted by molar-refractivity contribution is 5.82. The van der Waals surface area contributed by atoms with Crippen LogP contribution >= 0.6 is 0 Å². The molecule has 2 rings (SSSR count). The molecule has 0 radical (unpaired) electrons. The molecule has 0 amide bonds. The van der Waals surface area contributed by atoms with E-state index in [2.05, 4.69) is 0 Å². The van der Waals surface area contributed by atoms with Crippen molar-refractivity contribution < 1.29 is 9.72 Å². The Hall–Kier alpha value is -2.49. The van der Waals surface area contributed by atoms with Gasteiger partial charge in [-0.05, 0) is 23.6 Å². The van der Waals surface area contributed by atoms with Gasteiger partial charge < -0.3 is 0 Å². The van der Waals surface area contributed by atoms with E-state index in [4.69, 9.17) is 0 Å². The van der Waals surface area contributed by atoms with Crippen molar-refractivity contribution in [1.82, 2.24) is 0 Å². The second kappa shape index (κ2) is 5.44. The Morgan fingerprint density at radius 1 is 1.21 bits per heavy atom. The van der Waals surface area contributed by atoms with Gasteiger partial charge in [-0.1, -0.05) is 37.3 Å². The normalized spacial score (nSPS) is 10.2. The van der Waals surface area contributed by atoms with Crippen molar-refractivity contribution in [2.24, 2.45) is 0 Å². The molecule has 0 aliphatic rings. The van der Waals surface area contributed by atoms with E-state index in [0.717, 1.165) is 17.5 Å². The van der Waals surface area contributed by atoms with Crippen LogP contribution in [0.25, 0.3) is 11.1 Å². The Labute approximate surface area is 110 Å². The standard InChI is InChI=1S/C15H13NO3/c1-2-11-4-3-5-13(8-11)14-7-6-12(10-17)9-15(14)16(18)19/h3-10H,2H2,1H3. The molecule has 4 heteroatoms. The van der Waals surface area contributed by atoms with Crippen LogP contribution in [-0.2, 0) is 6.42 Å². The summed E-state index contributed by atoms with van der Waals surface area (Å²) in [7, 11) is 0. The van der Waals surface area contributed by atoms with Crippen molar-refractivity contribution in [2.45, 2.75) is 13.3 Å². The third-order valence-corrected chi connectivity index (χ3v) is 3.00. The van der Waals surface area contributed by atoms with Crippen LogP contribution in [0.2, 0.25) is 0 Å². The van der Waals surface area contributed by atoms with Gasteiger partial charge in [0, 0.05) is 11.6 Å². The minimum Gasteiger partial charge on any atom is -0.298 e. The number of hydrogen-bond donors (Lipinski definition) is 0. The van der Waals surface area contributed by atoms with Crippen molar-refractivity contribution in [2.75, 3.05) is 0 Å². The fourth-order valence-corrected chi connectivity index (χ4v) is 1.98. The predicted molar refractivity (Wildman–Crippen MR) is 73.3 cm³/mol. The van der Waals surface area contributed by atoms with E-state index in [0.29, 0.717) is 17.4 Å². The average Bonchev–Trinajstić information content (AvgIpc) is 2.46. The molecule has 0 unspecified atom stereocenters. The monoisotopic (exact) mass is 255 g/mol. The number of carbonyl (C=O) groups excluding carboxylic acids is 1. The number of rotatable bonds is 4. The van der Waals surface area contributed by atoms with Crippen LogP contribution in [0.1, 0.15) is 22.8 Å². The number of carbonyl (C=O) groups is 1. The maximum Gasteiger partial charge on any atom is 0.277 e. The summed E-state index contributed by atoms with van der Waals surface area (Å²) in [4.78, 5) is 21.4. The number of nitrogens with zero attached hydrogens (tertiary/aromatic N) is 1. The molecule has 2 aromatic rings. The van der Waals surface area contributed by atoms with E-state index in [1.807, 2.05) is 31.2 Å². The summed E-state index contributed by atoms with van der Waals surface area (Å²) < 4.78 is 0. The zero-order valence-electron chi connectivity index (χ0n) is 10.5.